The van der Waals surface area contributed by atoms with Crippen LogP contribution in [0.1, 0.15) is 28.1 Å². The predicted octanol–water partition coefficient (Wildman–Crippen LogP) is 4.23. The molecule has 0 saturated carbocycles. The molecule has 1 unspecified atom stereocenters. The number of nitrogens with zero attached hydrogens (tertiary/aromatic N) is 1. The second kappa shape index (κ2) is 9.94. The lowest BCUT2D eigenvalue weighted by molar-refractivity contribution is -0.121. The van der Waals surface area contributed by atoms with Crippen LogP contribution in [0.2, 0.25) is 0 Å². The lowest BCUT2D eigenvalue weighted by atomic mass is 10.1. The Morgan fingerprint density at radius 3 is 2.48 bits per heavy atom. The van der Waals surface area contributed by atoms with Crippen LogP contribution < -0.4 is 10.6 Å². The predicted molar refractivity (Wildman–Crippen MR) is 123 cm³/mol. The Morgan fingerprint density at radius 2 is 1.77 bits per heavy atom. The Labute approximate surface area is 189 Å². The fraction of sp³-hybridized carbons (Fsp3) is 0.250. The van der Waals surface area contributed by atoms with Crippen molar-refractivity contribution in [1.82, 2.24) is 10.2 Å². The third-order valence-corrected chi connectivity index (χ3v) is 5.69. The number of amides is 2. The van der Waals surface area contributed by atoms with Gasteiger partial charge in [0.25, 0.3) is 5.91 Å². The summed E-state index contributed by atoms with van der Waals surface area (Å²) >= 11 is 3.18. The molecule has 2 aromatic carbocycles. The van der Waals surface area contributed by atoms with Crippen molar-refractivity contribution in [1.29, 1.82) is 0 Å². The molecule has 2 heterocycles. The average Bonchev–Trinajstić information content (AvgIpc) is 3.39. The molecule has 3 aromatic rings. The number of furan rings is 1. The minimum absolute atomic E-state index is 0.0174. The van der Waals surface area contributed by atoms with Gasteiger partial charge in [-0.3, -0.25) is 14.5 Å². The fourth-order valence-corrected chi connectivity index (χ4v) is 4.04. The number of nitrogens with one attached hydrogen (secondary N) is 2. The van der Waals surface area contributed by atoms with Crippen molar-refractivity contribution < 1.29 is 14.0 Å². The molecule has 2 N–H and O–H groups in total. The molecule has 1 aliphatic heterocycles. The Morgan fingerprint density at radius 1 is 1.00 bits per heavy atom. The van der Waals surface area contributed by atoms with Crippen LogP contribution >= 0.6 is 15.9 Å². The Hall–Kier alpha value is -2.90. The summed E-state index contributed by atoms with van der Waals surface area (Å²) in [6.45, 7) is 2.77. The Kier molecular flexibility index (Phi) is 6.84. The Balaban J connectivity index is 1.23. The summed E-state index contributed by atoms with van der Waals surface area (Å²) in [5.74, 6) is -0.0746. The van der Waals surface area contributed by atoms with Gasteiger partial charge in [0, 0.05) is 31.4 Å². The van der Waals surface area contributed by atoms with Crippen molar-refractivity contribution in [3.05, 3.63) is 88.3 Å². The molecule has 0 radical (unpaired) electrons. The van der Waals surface area contributed by atoms with E-state index in [1.54, 1.807) is 24.3 Å². The average molecular weight is 482 g/mol. The second-order valence-corrected chi connectivity index (χ2v) is 8.49. The summed E-state index contributed by atoms with van der Waals surface area (Å²) in [6, 6.07) is 21.1. The first kappa shape index (κ1) is 21.3. The molecule has 160 valence electrons. The number of hydrogen-bond acceptors (Lipinski definition) is 4. The van der Waals surface area contributed by atoms with Crippen molar-refractivity contribution in [2.24, 2.45) is 0 Å². The summed E-state index contributed by atoms with van der Waals surface area (Å²) in [7, 11) is 0. The summed E-state index contributed by atoms with van der Waals surface area (Å²) in [4.78, 5) is 27.0. The molecule has 2 amide bonds. The van der Waals surface area contributed by atoms with Gasteiger partial charge in [-0.1, -0.05) is 42.5 Å². The Bertz CT molecular complexity index is 1030. The third-order valence-electron chi connectivity index (χ3n) is 5.26. The zero-order valence-corrected chi connectivity index (χ0v) is 18.6. The summed E-state index contributed by atoms with van der Waals surface area (Å²) < 4.78 is 5.75. The van der Waals surface area contributed by atoms with Crippen LogP contribution in [-0.2, 0) is 17.8 Å². The first-order valence-corrected chi connectivity index (χ1v) is 11.1. The van der Waals surface area contributed by atoms with Crippen LogP contribution in [-0.4, -0.2) is 35.8 Å². The lowest BCUT2D eigenvalue weighted by Crippen LogP contribution is -2.37. The van der Waals surface area contributed by atoms with Crippen LogP contribution in [0.15, 0.2) is 75.8 Å². The van der Waals surface area contributed by atoms with Crippen molar-refractivity contribution >= 4 is 33.4 Å². The van der Waals surface area contributed by atoms with Gasteiger partial charge in [-0.15, -0.1) is 0 Å². The van der Waals surface area contributed by atoms with Gasteiger partial charge in [0.1, 0.15) is 0 Å². The first-order valence-electron chi connectivity index (χ1n) is 10.3. The highest BCUT2D eigenvalue weighted by Crippen LogP contribution is 2.17. The maximum Gasteiger partial charge on any atom is 0.291 e. The number of carbonyl (C=O) groups is 2. The maximum absolute atomic E-state index is 12.5. The van der Waals surface area contributed by atoms with E-state index in [0.29, 0.717) is 16.8 Å². The molecule has 31 heavy (non-hydrogen) atoms. The number of benzene rings is 2. The minimum atomic E-state index is -0.322. The number of hydrogen-bond donors (Lipinski definition) is 2. The van der Waals surface area contributed by atoms with Gasteiger partial charge in [-0.2, -0.15) is 0 Å². The SMILES string of the molecule is O=C(Cc1ccc(NC(=O)c2ccc(Br)o2)cc1)NC1CCN(Cc2ccccc2)C1. The van der Waals surface area contributed by atoms with E-state index < -0.39 is 0 Å². The van der Waals surface area contributed by atoms with Crippen molar-refractivity contribution in [2.75, 3.05) is 18.4 Å². The van der Waals surface area contributed by atoms with Crippen molar-refractivity contribution in [3.8, 4) is 0 Å². The quantitative estimate of drug-likeness (QED) is 0.529. The van der Waals surface area contributed by atoms with E-state index in [4.69, 9.17) is 4.42 Å². The smallest absolute Gasteiger partial charge is 0.291 e. The number of rotatable bonds is 7. The van der Waals surface area contributed by atoms with E-state index in [1.165, 1.54) is 5.56 Å². The normalized spacial score (nSPS) is 16.2. The van der Waals surface area contributed by atoms with Gasteiger partial charge in [-0.05, 0) is 57.7 Å². The molecule has 1 atom stereocenters. The molecule has 1 aromatic heterocycles. The number of anilines is 1. The third kappa shape index (κ3) is 6.06. The molecule has 0 aliphatic carbocycles. The lowest BCUT2D eigenvalue weighted by Gasteiger charge is -2.17. The van der Waals surface area contributed by atoms with E-state index in [2.05, 4.69) is 55.7 Å². The number of halogens is 1. The maximum atomic E-state index is 12.5. The molecule has 1 fully saturated rings. The molecular formula is C24H24BrN3O3. The zero-order valence-electron chi connectivity index (χ0n) is 17.0. The standard InChI is InChI=1S/C24H24BrN3O3/c25-22-11-10-21(31-22)24(30)27-19-8-6-17(7-9-19)14-23(29)26-20-12-13-28(16-20)15-18-4-2-1-3-5-18/h1-11,20H,12-16H2,(H,26,29)(H,27,30). The van der Waals surface area contributed by atoms with Gasteiger partial charge >= 0.3 is 0 Å². The molecule has 0 bridgehead atoms. The molecule has 4 rings (SSSR count). The van der Waals surface area contributed by atoms with E-state index in [0.717, 1.165) is 31.6 Å². The zero-order chi connectivity index (χ0) is 21.6. The van der Waals surface area contributed by atoms with Crippen molar-refractivity contribution in [3.63, 3.8) is 0 Å². The topological polar surface area (TPSA) is 74.6 Å². The summed E-state index contributed by atoms with van der Waals surface area (Å²) in [5, 5.41) is 5.92. The van der Waals surface area contributed by atoms with Crippen LogP contribution in [0.5, 0.6) is 0 Å². The van der Waals surface area contributed by atoms with Gasteiger partial charge < -0.3 is 15.1 Å². The van der Waals surface area contributed by atoms with Gasteiger partial charge in [0.05, 0.1) is 6.42 Å². The van der Waals surface area contributed by atoms with Gasteiger partial charge in [-0.25, -0.2) is 0 Å². The highest BCUT2D eigenvalue weighted by atomic mass is 79.9. The first-order chi connectivity index (χ1) is 15.0. The fourth-order valence-electron chi connectivity index (χ4n) is 3.73. The highest BCUT2D eigenvalue weighted by Gasteiger charge is 2.23. The second-order valence-electron chi connectivity index (χ2n) is 7.71. The molecule has 1 saturated heterocycles. The van der Waals surface area contributed by atoms with E-state index in [9.17, 15) is 9.59 Å². The van der Waals surface area contributed by atoms with Crippen LogP contribution in [0.4, 0.5) is 5.69 Å². The monoisotopic (exact) mass is 481 g/mol. The van der Waals surface area contributed by atoms with Crippen LogP contribution in [0.25, 0.3) is 0 Å². The minimum Gasteiger partial charge on any atom is -0.444 e. The molecule has 7 heteroatoms. The highest BCUT2D eigenvalue weighted by molar-refractivity contribution is 9.10. The summed E-state index contributed by atoms with van der Waals surface area (Å²) in [5.41, 5.74) is 2.84. The number of likely N-dealkylation sites (tertiary alicyclic amines) is 1. The molecule has 6 nitrogen and oxygen atoms in total. The van der Waals surface area contributed by atoms with Crippen LogP contribution in [0, 0.1) is 0 Å². The molecular weight excluding hydrogens is 458 g/mol. The number of carbonyl (C=O) groups excluding carboxylic acids is 2. The summed E-state index contributed by atoms with van der Waals surface area (Å²) in [6.07, 6.45) is 1.28. The van der Waals surface area contributed by atoms with Gasteiger partial charge in [0.15, 0.2) is 10.4 Å². The van der Waals surface area contributed by atoms with Crippen LogP contribution in [0.3, 0.4) is 0 Å². The largest absolute Gasteiger partial charge is 0.444 e. The van der Waals surface area contributed by atoms with Crippen molar-refractivity contribution in [2.45, 2.75) is 25.4 Å². The molecule has 1 aliphatic rings. The van der Waals surface area contributed by atoms with E-state index >= 15 is 0 Å². The van der Waals surface area contributed by atoms with E-state index in [1.807, 2.05) is 18.2 Å². The van der Waals surface area contributed by atoms with Gasteiger partial charge in [0.2, 0.25) is 5.91 Å². The van der Waals surface area contributed by atoms with E-state index in [-0.39, 0.29) is 23.6 Å². The molecule has 0 spiro atoms.